The fourth-order valence-corrected chi connectivity index (χ4v) is 5.74. The molecule has 0 N–H and O–H groups in total. The van der Waals surface area contributed by atoms with Gasteiger partial charge in [-0.15, -0.1) is 23.5 Å². The van der Waals surface area contributed by atoms with Crippen LogP contribution in [-0.4, -0.2) is 28.9 Å². The first-order chi connectivity index (χ1) is 11.8. The summed E-state index contributed by atoms with van der Waals surface area (Å²) >= 11 is 3.56. The number of hydrogen-bond acceptors (Lipinski definition) is 4. The normalized spacial score (nSPS) is 25.5. The molecular weight excluding hydrogens is 338 g/mol. The average Bonchev–Trinajstić information content (AvgIpc) is 2.77. The minimum atomic E-state index is -0.375. The molecule has 2 aromatic rings. The maximum absolute atomic E-state index is 12.9. The van der Waals surface area contributed by atoms with Crippen molar-refractivity contribution in [1.29, 1.82) is 0 Å². The number of benzene rings is 2. The minimum absolute atomic E-state index is 0.0789. The maximum Gasteiger partial charge on any atom is 0.260 e. The third-order valence-corrected chi connectivity index (χ3v) is 7.04. The van der Waals surface area contributed by atoms with Crippen molar-refractivity contribution in [1.82, 2.24) is 0 Å². The van der Waals surface area contributed by atoms with Gasteiger partial charge in [-0.1, -0.05) is 42.5 Å². The second-order valence-electron chi connectivity index (χ2n) is 5.97. The Balaban J connectivity index is 1.61. The smallest absolute Gasteiger partial charge is 0.260 e. The number of ether oxygens (including phenoxy) is 1. The summed E-state index contributed by atoms with van der Waals surface area (Å²) in [6.07, 6.45) is 2.63. The van der Waals surface area contributed by atoms with Crippen molar-refractivity contribution < 1.29 is 9.53 Å². The van der Waals surface area contributed by atoms with Crippen molar-refractivity contribution in [3.05, 3.63) is 60.2 Å². The lowest BCUT2D eigenvalue weighted by molar-refractivity contribution is -0.145. The summed E-state index contributed by atoms with van der Waals surface area (Å²) in [5.41, 5.74) is 2.13. The molecule has 0 spiro atoms. The van der Waals surface area contributed by atoms with Crippen molar-refractivity contribution >= 4 is 35.1 Å². The zero-order valence-corrected chi connectivity index (χ0v) is 15.1. The maximum atomic E-state index is 12.9. The number of anilines is 1. The molecule has 124 valence electrons. The highest BCUT2D eigenvalue weighted by Gasteiger charge is 2.62. The summed E-state index contributed by atoms with van der Waals surface area (Å²) in [5, 5.41) is 0. The Morgan fingerprint density at radius 3 is 2.75 bits per heavy atom. The molecule has 0 bridgehead atoms. The van der Waals surface area contributed by atoms with Crippen LogP contribution in [0.1, 0.15) is 12.0 Å². The summed E-state index contributed by atoms with van der Waals surface area (Å²) in [6.45, 7) is 0.474. The lowest BCUT2D eigenvalue weighted by Crippen LogP contribution is -2.74. The average molecular weight is 358 g/mol. The molecule has 0 aromatic heterocycles. The Bertz CT molecular complexity index is 752. The Morgan fingerprint density at radius 1 is 1.21 bits per heavy atom. The largest absolute Gasteiger partial charge is 0.360 e. The van der Waals surface area contributed by atoms with Crippen LogP contribution in [0, 0.1) is 0 Å². The summed E-state index contributed by atoms with van der Waals surface area (Å²) in [6, 6.07) is 18.2. The van der Waals surface area contributed by atoms with Gasteiger partial charge in [0.15, 0.2) is 6.10 Å². The summed E-state index contributed by atoms with van der Waals surface area (Å²) in [4.78, 5) is 15.7. The molecule has 2 aliphatic heterocycles. The van der Waals surface area contributed by atoms with E-state index in [2.05, 4.69) is 12.3 Å². The van der Waals surface area contributed by atoms with Crippen molar-refractivity contribution in [3.63, 3.8) is 0 Å². The van der Waals surface area contributed by atoms with E-state index in [0.29, 0.717) is 6.61 Å². The SMILES string of the molecule is CSC12CCSc3ccccc3N1C(=O)C2OCc1ccccc1. The van der Waals surface area contributed by atoms with Crippen LogP contribution < -0.4 is 4.90 Å². The summed E-state index contributed by atoms with van der Waals surface area (Å²) in [7, 11) is 0. The van der Waals surface area contributed by atoms with Gasteiger partial charge in [0.2, 0.25) is 0 Å². The Hall–Kier alpha value is -1.43. The first-order valence-corrected chi connectivity index (χ1v) is 10.2. The fraction of sp³-hybridized carbons (Fsp3) is 0.316. The molecule has 0 aliphatic carbocycles. The molecular formula is C19H19NO2S2. The second-order valence-corrected chi connectivity index (χ2v) is 8.22. The van der Waals surface area contributed by atoms with E-state index in [9.17, 15) is 4.79 Å². The zero-order valence-electron chi connectivity index (χ0n) is 13.5. The number of thioether (sulfide) groups is 2. The fourth-order valence-electron chi connectivity index (χ4n) is 3.44. The molecule has 2 aromatic carbocycles. The minimum Gasteiger partial charge on any atom is -0.360 e. The lowest BCUT2D eigenvalue weighted by Gasteiger charge is -2.55. The number of β-lactam (4-membered cyclic amide) rings is 1. The Labute approximate surface area is 150 Å². The first-order valence-electron chi connectivity index (χ1n) is 8.03. The first kappa shape index (κ1) is 16.1. The standard InChI is InChI=1S/C19H19NO2S2/c1-23-19-11-12-24-16-10-6-5-9-15(16)20(19)18(21)17(19)22-13-14-7-3-2-4-8-14/h2-10,17H,11-13H2,1H3. The number of nitrogens with zero attached hydrogens (tertiary/aromatic N) is 1. The molecule has 3 nitrogen and oxygen atoms in total. The van der Waals surface area contributed by atoms with Crippen LogP contribution in [0.25, 0.3) is 0 Å². The van der Waals surface area contributed by atoms with E-state index >= 15 is 0 Å². The molecule has 1 fully saturated rings. The van der Waals surface area contributed by atoms with Crippen LogP contribution in [0.5, 0.6) is 0 Å². The van der Waals surface area contributed by atoms with Crippen LogP contribution in [-0.2, 0) is 16.1 Å². The molecule has 5 heteroatoms. The van der Waals surface area contributed by atoms with Crippen molar-refractivity contribution in [2.45, 2.75) is 28.9 Å². The van der Waals surface area contributed by atoms with Gasteiger partial charge >= 0.3 is 0 Å². The van der Waals surface area contributed by atoms with Gasteiger partial charge in [0.25, 0.3) is 5.91 Å². The molecule has 0 radical (unpaired) electrons. The van der Waals surface area contributed by atoms with Gasteiger partial charge in [-0.05, 0) is 30.4 Å². The number of para-hydroxylation sites is 1. The second kappa shape index (κ2) is 6.47. The van der Waals surface area contributed by atoms with Gasteiger partial charge in [-0.3, -0.25) is 9.69 Å². The van der Waals surface area contributed by atoms with Gasteiger partial charge in [-0.25, -0.2) is 0 Å². The topological polar surface area (TPSA) is 29.5 Å². The van der Waals surface area contributed by atoms with E-state index < -0.39 is 0 Å². The van der Waals surface area contributed by atoms with Crippen LogP contribution in [0.4, 0.5) is 5.69 Å². The molecule has 1 saturated heterocycles. The molecule has 2 heterocycles. The monoisotopic (exact) mass is 357 g/mol. The van der Waals surface area contributed by atoms with E-state index in [1.807, 2.05) is 65.2 Å². The van der Waals surface area contributed by atoms with Gasteiger partial charge in [0, 0.05) is 10.6 Å². The number of amides is 1. The highest BCUT2D eigenvalue weighted by Crippen LogP contribution is 2.53. The van der Waals surface area contributed by atoms with Crippen molar-refractivity contribution in [2.24, 2.45) is 0 Å². The van der Waals surface area contributed by atoms with Gasteiger partial charge in [0.1, 0.15) is 4.87 Å². The van der Waals surface area contributed by atoms with Crippen molar-refractivity contribution in [3.8, 4) is 0 Å². The predicted octanol–water partition coefficient (Wildman–Crippen LogP) is 4.17. The number of carbonyl (C=O) groups is 1. The lowest BCUT2D eigenvalue weighted by atomic mass is 9.93. The Morgan fingerprint density at radius 2 is 1.96 bits per heavy atom. The van der Waals surface area contributed by atoms with Crippen LogP contribution >= 0.6 is 23.5 Å². The van der Waals surface area contributed by atoms with E-state index in [1.165, 1.54) is 4.90 Å². The third-order valence-electron chi connectivity index (χ3n) is 4.67. The molecule has 1 amide bonds. The number of rotatable bonds is 4. The highest BCUT2D eigenvalue weighted by atomic mass is 32.2. The molecule has 2 unspecified atom stereocenters. The van der Waals surface area contributed by atoms with Crippen LogP contribution in [0.3, 0.4) is 0 Å². The predicted molar refractivity (Wildman–Crippen MR) is 101 cm³/mol. The van der Waals surface area contributed by atoms with Crippen LogP contribution in [0.15, 0.2) is 59.5 Å². The molecule has 2 atom stereocenters. The molecule has 2 aliphatic rings. The summed E-state index contributed by atoms with van der Waals surface area (Å²) in [5.74, 6) is 1.07. The quantitative estimate of drug-likeness (QED) is 0.768. The number of fused-ring (bicyclic) bond motifs is 3. The molecule has 4 rings (SSSR count). The van der Waals surface area contributed by atoms with Gasteiger partial charge in [-0.2, -0.15) is 0 Å². The third kappa shape index (κ3) is 2.46. The van der Waals surface area contributed by atoms with E-state index in [-0.39, 0.29) is 16.9 Å². The van der Waals surface area contributed by atoms with Gasteiger partial charge < -0.3 is 4.74 Å². The highest BCUT2D eigenvalue weighted by molar-refractivity contribution is 8.01. The van der Waals surface area contributed by atoms with E-state index in [1.54, 1.807) is 11.8 Å². The summed E-state index contributed by atoms with van der Waals surface area (Å²) < 4.78 is 6.09. The Kier molecular flexibility index (Phi) is 4.33. The van der Waals surface area contributed by atoms with E-state index in [4.69, 9.17) is 4.74 Å². The molecule has 0 saturated carbocycles. The van der Waals surface area contributed by atoms with Crippen LogP contribution in [0.2, 0.25) is 0 Å². The number of carbonyl (C=O) groups excluding carboxylic acids is 1. The molecule has 24 heavy (non-hydrogen) atoms. The van der Waals surface area contributed by atoms with E-state index in [0.717, 1.165) is 23.4 Å². The van der Waals surface area contributed by atoms with Crippen molar-refractivity contribution in [2.75, 3.05) is 16.9 Å². The number of hydrogen-bond donors (Lipinski definition) is 0. The van der Waals surface area contributed by atoms with Gasteiger partial charge in [0.05, 0.1) is 12.3 Å². The zero-order chi connectivity index (χ0) is 16.6.